The molecule has 0 heterocycles. The minimum absolute atomic E-state index is 0.00455. The number of hydrogen-bond donors (Lipinski definition) is 1. The number of sulfone groups is 1. The molecule has 0 amide bonds. The molecule has 0 atom stereocenters. The zero-order valence-corrected chi connectivity index (χ0v) is 12.0. The third kappa shape index (κ3) is 5.00. The molecule has 0 unspecified atom stereocenters. The van der Waals surface area contributed by atoms with Crippen molar-refractivity contribution in [2.24, 2.45) is 0 Å². The Kier molecular flexibility index (Phi) is 4.70. The molecule has 0 aliphatic heterocycles. The molecule has 0 bridgehead atoms. The predicted molar refractivity (Wildman–Crippen MR) is 71.2 cm³/mol. The number of ether oxygens (including phenoxy) is 1. The van der Waals surface area contributed by atoms with Gasteiger partial charge in [0.2, 0.25) is 0 Å². The van der Waals surface area contributed by atoms with Gasteiger partial charge in [-0.05, 0) is 39.0 Å². The summed E-state index contributed by atoms with van der Waals surface area (Å²) in [4.78, 5) is 10.8. The third-order valence-electron chi connectivity index (χ3n) is 2.33. The molecule has 19 heavy (non-hydrogen) atoms. The van der Waals surface area contributed by atoms with Crippen LogP contribution in [-0.2, 0) is 14.6 Å². The Labute approximate surface area is 113 Å². The van der Waals surface area contributed by atoms with E-state index < -0.39 is 21.4 Å². The fourth-order valence-corrected chi connectivity index (χ4v) is 2.53. The summed E-state index contributed by atoms with van der Waals surface area (Å²) in [5, 5.41) is 8.84. The Morgan fingerprint density at radius 1 is 1.32 bits per heavy atom. The lowest BCUT2D eigenvalue weighted by Gasteiger charge is -2.19. The van der Waals surface area contributed by atoms with E-state index in [0.29, 0.717) is 0 Å². The first-order valence-corrected chi connectivity index (χ1v) is 7.47. The zero-order chi connectivity index (χ0) is 14.7. The van der Waals surface area contributed by atoms with E-state index in [1.807, 2.05) is 20.8 Å². The van der Waals surface area contributed by atoms with Gasteiger partial charge in [0.25, 0.3) is 0 Å². The molecule has 1 aromatic carbocycles. The molecule has 1 rings (SSSR count). The number of aromatic carboxylic acids is 1. The van der Waals surface area contributed by atoms with Crippen LogP contribution in [0.5, 0.6) is 0 Å². The van der Waals surface area contributed by atoms with E-state index in [2.05, 4.69) is 0 Å². The van der Waals surface area contributed by atoms with Gasteiger partial charge < -0.3 is 9.84 Å². The van der Waals surface area contributed by atoms with Gasteiger partial charge in [-0.1, -0.05) is 6.07 Å². The summed E-state index contributed by atoms with van der Waals surface area (Å²) in [6.07, 6.45) is 0. The average Bonchev–Trinajstić information content (AvgIpc) is 2.27. The molecule has 0 aromatic heterocycles. The summed E-state index contributed by atoms with van der Waals surface area (Å²) < 4.78 is 29.4. The van der Waals surface area contributed by atoms with Crippen molar-refractivity contribution < 1.29 is 23.1 Å². The van der Waals surface area contributed by atoms with E-state index in [9.17, 15) is 13.2 Å². The summed E-state index contributed by atoms with van der Waals surface area (Å²) in [6, 6.07) is 5.32. The van der Waals surface area contributed by atoms with Crippen molar-refractivity contribution in [3.8, 4) is 0 Å². The summed E-state index contributed by atoms with van der Waals surface area (Å²) in [5.74, 6) is -1.32. The maximum atomic E-state index is 12.0. The highest BCUT2D eigenvalue weighted by Gasteiger charge is 2.18. The Bertz CT molecular complexity index is 555. The number of benzene rings is 1. The molecule has 1 aromatic rings. The lowest BCUT2D eigenvalue weighted by Crippen LogP contribution is -2.23. The smallest absolute Gasteiger partial charge is 0.335 e. The summed E-state index contributed by atoms with van der Waals surface area (Å²) in [5.41, 5.74) is -0.448. The van der Waals surface area contributed by atoms with Crippen molar-refractivity contribution in [2.45, 2.75) is 31.3 Å². The van der Waals surface area contributed by atoms with Crippen LogP contribution in [-0.4, -0.2) is 37.5 Å². The number of carbonyl (C=O) groups is 1. The van der Waals surface area contributed by atoms with Crippen LogP contribution in [0.1, 0.15) is 31.1 Å². The van der Waals surface area contributed by atoms with Crippen LogP contribution in [0.2, 0.25) is 0 Å². The summed E-state index contributed by atoms with van der Waals surface area (Å²) in [6.45, 7) is 5.59. The van der Waals surface area contributed by atoms with Gasteiger partial charge in [0.15, 0.2) is 9.84 Å². The van der Waals surface area contributed by atoms with Crippen LogP contribution < -0.4 is 0 Å². The number of carboxylic acids is 1. The van der Waals surface area contributed by atoms with Crippen LogP contribution in [0.4, 0.5) is 0 Å². The van der Waals surface area contributed by atoms with E-state index >= 15 is 0 Å². The minimum Gasteiger partial charge on any atom is -0.478 e. The molecular weight excluding hydrogens is 268 g/mol. The highest BCUT2D eigenvalue weighted by Crippen LogP contribution is 2.15. The van der Waals surface area contributed by atoms with Gasteiger partial charge in [0.1, 0.15) is 0 Å². The van der Waals surface area contributed by atoms with Gasteiger partial charge in [0, 0.05) is 0 Å². The quantitative estimate of drug-likeness (QED) is 0.895. The van der Waals surface area contributed by atoms with E-state index in [0.717, 1.165) is 6.07 Å². The van der Waals surface area contributed by atoms with Gasteiger partial charge in [-0.25, -0.2) is 13.2 Å². The first-order valence-electron chi connectivity index (χ1n) is 5.82. The maximum Gasteiger partial charge on any atom is 0.335 e. The lowest BCUT2D eigenvalue weighted by molar-refractivity contribution is 0.00644. The van der Waals surface area contributed by atoms with Gasteiger partial charge in [-0.2, -0.15) is 0 Å². The van der Waals surface area contributed by atoms with Gasteiger partial charge in [0.05, 0.1) is 28.4 Å². The molecule has 0 aliphatic carbocycles. The van der Waals surface area contributed by atoms with E-state index in [-0.39, 0.29) is 22.8 Å². The average molecular weight is 286 g/mol. The molecular formula is C13H18O5S. The molecule has 0 fully saturated rings. The number of rotatable bonds is 5. The number of hydrogen-bond acceptors (Lipinski definition) is 4. The first-order chi connectivity index (χ1) is 8.62. The molecule has 0 aliphatic rings. The molecule has 6 heteroatoms. The largest absolute Gasteiger partial charge is 0.478 e. The second-order valence-corrected chi connectivity index (χ2v) is 7.22. The van der Waals surface area contributed by atoms with Crippen molar-refractivity contribution in [2.75, 3.05) is 12.4 Å². The molecule has 0 radical (unpaired) electrons. The Hall–Kier alpha value is -1.40. The monoisotopic (exact) mass is 286 g/mol. The SMILES string of the molecule is CC(C)(C)OCCS(=O)(=O)c1cccc(C(=O)O)c1. The lowest BCUT2D eigenvalue weighted by atomic mass is 10.2. The van der Waals surface area contributed by atoms with Crippen LogP contribution in [0.15, 0.2) is 29.2 Å². The fraction of sp³-hybridized carbons (Fsp3) is 0.462. The minimum atomic E-state index is -3.53. The predicted octanol–water partition coefficient (Wildman–Crippen LogP) is 1.97. The maximum absolute atomic E-state index is 12.0. The van der Waals surface area contributed by atoms with Gasteiger partial charge in [-0.15, -0.1) is 0 Å². The molecule has 0 spiro atoms. The molecule has 0 saturated heterocycles. The molecule has 5 nitrogen and oxygen atoms in total. The van der Waals surface area contributed by atoms with Crippen LogP contribution in [0.25, 0.3) is 0 Å². The van der Waals surface area contributed by atoms with Gasteiger partial charge >= 0.3 is 5.97 Å². The summed E-state index contributed by atoms with van der Waals surface area (Å²) in [7, 11) is -3.53. The van der Waals surface area contributed by atoms with Gasteiger partial charge in [-0.3, -0.25) is 0 Å². The second kappa shape index (κ2) is 5.71. The topological polar surface area (TPSA) is 80.7 Å². The fourth-order valence-electron chi connectivity index (χ4n) is 1.40. The summed E-state index contributed by atoms with van der Waals surface area (Å²) >= 11 is 0. The van der Waals surface area contributed by atoms with E-state index in [1.54, 1.807) is 0 Å². The van der Waals surface area contributed by atoms with Crippen LogP contribution in [0.3, 0.4) is 0 Å². The van der Waals surface area contributed by atoms with E-state index in [4.69, 9.17) is 9.84 Å². The Morgan fingerprint density at radius 3 is 2.47 bits per heavy atom. The third-order valence-corrected chi connectivity index (χ3v) is 4.00. The normalized spacial score (nSPS) is 12.4. The number of carboxylic acid groups (broad SMARTS) is 1. The second-order valence-electron chi connectivity index (χ2n) is 5.11. The first kappa shape index (κ1) is 15.7. The molecule has 106 valence electrons. The Balaban J connectivity index is 2.83. The Morgan fingerprint density at radius 2 is 1.95 bits per heavy atom. The van der Waals surface area contributed by atoms with Crippen molar-refractivity contribution in [1.82, 2.24) is 0 Å². The standard InChI is InChI=1S/C13H18O5S/c1-13(2,3)18-7-8-19(16,17)11-6-4-5-10(9-11)12(14)15/h4-6,9H,7-8H2,1-3H3,(H,14,15). The molecule has 0 saturated carbocycles. The van der Waals surface area contributed by atoms with Crippen molar-refractivity contribution >= 4 is 15.8 Å². The van der Waals surface area contributed by atoms with Crippen molar-refractivity contribution in [1.29, 1.82) is 0 Å². The van der Waals surface area contributed by atoms with Crippen LogP contribution in [0, 0.1) is 0 Å². The van der Waals surface area contributed by atoms with E-state index in [1.165, 1.54) is 18.2 Å². The van der Waals surface area contributed by atoms with Crippen molar-refractivity contribution in [3.63, 3.8) is 0 Å². The highest BCUT2D eigenvalue weighted by molar-refractivity contribution is 7.91. The zero-order valence-electron chi connectivity index (χ0n) is 11.2. The molecule has 1 N–H and O–H groups in total. The van der Waals surface area contributed by atoms with Crippen LogP contribution >= 0.6 is 0 Å². The van der Waals surface area contributed by atoms with Crippen molar-refractivity contribution in [3.05, 3.63) is 29.8 Å². The highest BCUT2D eigenvalue weighted by atomic mass is 32.2.